The average Bonchev–Trinajstić information content (AvgIpc) is 3.50. The van der Waals surface area contributed by atoms with Crippen molar-refractivity contribution in [2.45, 2.75) is 117 Å². The molecule has 3 amide bonds. The van der Waals surface area contributed by atoms with Crippen LogP contribution in [0.15, 0.2) is 42.0 Å². The van der Waals surface area contributed by atoms with Gasteiger partial charge in [0, 0.05) is 25.2 Å². The molecule has 9 heteroatoms. The van der Waals surface area contributed by atoms with E-state index in [-0.39, 0.29) is 54.3 Å². The summed E-state index contributed by atoms with van der Waals surface area (Å²) in [6, 6.07) is 7.81. The topological polar surface area (TPSA) is 99.3 Å². The number of hydrogen-bond donors (Lipinski definition) is 1. The summed E-state index contributed by atoms with van der Waals surface area (Å²) in [6.45, 7) is 15.4. The Morgan fingerprint density at radius 1 is 0.932 bits per heavy atom. The van der Waals surface area contributed by atoms with E-state index in [1.807, 2.05) is 64.1 Å². The maximum absolute atomic E-state index is 13.9. The quantitative estimate of drug-likeness (QED) is 0.275. The van der Waals surface area contributed by atoms with E-state index in [0.29, 0.717) is 18.5 Å². The van der Waals surface area contributed by atoms with Gasteiger partial charge in [0.1, 0.15) is 18.7 Å². The molecule has 2 fully saturated rings. The largest absolute Gasteiger partial charge is 0.459 e. The minimum atomic E-state index is -0.684. The summed E-state index contributed by atoms with van der Waals surface area (Å²) in [7, 11) is 1.74. The van der Waals surface area contributed by atoms with Crippen LogP contribution in [0.3, 0.4) is 0 Å². The van der Waals surface area contributed by atoms with Crippen LogP contribution in [0.25, 0.3) is 0 Å². The highest BCUT2D eigenvalue weighted by Gasteiger charge is 2.38. The summed E-state index contributed by atoms with van der Waals surface area (Å²) in [5.41, 5.74) is 1.37. The number of benzene rings is 1. The van der Waals surface area contributed by atoms with Crippen molar-refractivity contribution in [2.24, 2.45) is 11.8 Å². The molecule has 4 atom stereocenters. The lowest BCUT2D eigenvalue weighted by Crippen LogP contribution is -2.58. The van der Waals surface area contributed by atoms with Crippen molar-refractivity contribution in [1.82, 2.24) is 20.0 Å². The van der Waals surface area contributed by atoms with Crippen LogP contribution in [0.4, 0.5) is 0 Å². The van der Waals surface area contributed by atoms with Crippen LogP contribution >= 0.6 is 0 Å². The lowest BCUT2D eigenvalue weighted by atomic mass is 9.95. The van der Waals surface area contributed by atoms with E-state index in [1.54, 1.807) is 23.8 Å². The van der Waals surface area contributed by atoms with Crippen molar-refractivity contribution in [3.05, 3.63) is 47.5 Å². The number of nitrogens with zero attached hydrogens (tertiary/aromatic N) is 3. The lowest BCUT2D eigenvalue weighted by molar-refractivity contribution is -0.153. The van der Waals surface area contributed by atoms with Crippen LogP contribution in [0.2, 0.25) is 0 Å². The van der Waals surface area contributed by atoms with Gasteiger partial charge >= 0.3 is 5.97 Å². The average molecular weight is 611 g/mol. The van der Waals surface area contributed by atoms with Gasteiger partial charge in [0.15, 0.2) is 0 Å². The minimum Gasteiger partial charge on any atom is -0.459 e. The molecule has 2 heterocycles. The second kappa shape index (κ2) is 16.2. The molecule has 9 nitrogen and oxygen atoms in total. The first kappa shape index (κ1) is 35.3. The van der Waals surface area contributed by atoms with Gasteiger partial charge in [0.05, 0.1) is 12.1 Å². The SMILES string of the molecule is C/C(=C\C(C(C)C)N(C)C(=O)C(NC(=O)C1CCCCN1C(C)C)C(C)C)C(=O)N1CCCC1C(=O)OCc1ccccc1. The van der Waals surface area contributed by atoms with E-state index >= 15 is 0 Å². The Hall–Kier alpha value is -3.20. The molecule has 0 spiro atoms. The maximum atomic E-state index is 13.9. The number of hydrogen-bond acceptors (Lipinski definition) is 6. The van der Waals surface area contributed by atoms with Gasteiger partial charge < -0.3 is 19.9 Å². The number of carbonyl (C=O) groups is 4. The van der Waals surface area contributed by atoms with Gasteiger partial charge in [0.2, 0.25) is 17.7 Å². The predicted molar refractivity (Wildman–Crippen MR) is 172 cm³/mol. The van der Waals surface area contributed by atoms with Crippen LogP contribution in [0, 0.1) is 11.8 Å². The Morgan fingerprint density at radius 2 is 1.59 bits per heavy atom. The molecule has 2 aliphatic heterocycles. The van der Waals surface area contributed by atoms with E-state index in [2.05, 4.69) is 24.1 Å². The van der Waals surface area contributed by atoms with Gasteiger partial charge in [-0.1, -0.05) is 70.5 Å². The molecule has 0 radical (unpaired) electrons. The Morgan fingerprint density at radius 3 is 2.20 bits per heavy atom. The van der Waals surface area contributed by atoms with Crippen molar-refractivity contribution in [3.63, 3.8) is 0 Å². The fourth-order valence-corrected chi connectivity index (χ4v) is 6.37. The van der Waals surface area contributed by atoms with Crippen LogP contribution in [0.1, 0.15) is 86.1 Å². The first-order valence-corrected chi connectivity index (χ1v) is 16.4. The summed E-state index contributed by atoms with van der Waals surface area (Å²) >= 11 is 0. The summed E-state index contributed by atoms with van der Waals surface area (Å²) in [5, 5.41) is 3.09. The third-order valence-electron chi connectivity index (χ3n) is 8.99. The molecule has 244 valence electrons. The maximum Gasteiger partial charge on any atom is 0.329 e. The molecule has 1 N–H and O–H groups in total. The van der Waals surface area contributed by atoms with Gasteiger partial charge in [-0.05, 0) is 70.4 Å². The summed E-state index contributed by atoms with van der Waals surface area (Å²) in [6.07, 6.45) is 5.97. The van der Waals surface area contributed by atoms with Gasteiger partial charge in [0.25, 0.3) is 0 Å². The number of rotatable bonds is 12. The molecule has 0 aromatic heterocycles. The highest BCUT2D eigenvalue weighted by atomic mass is 16.5. The van der Waals surface area contributed by atoms with Crippen molar-refractivity contribution in [2.75, 3.05) is 20.1 Å². The normalized spacial score (nSPS) is 21.0. The standard InChI is InChI=1S/C35H54N4O5/c1-23(2)30(37(8)34(42)31(24(3)4)36-32(40)28-17-12-13-19-38(28)25(5)6)21-26(7)33(41)39-20-14-18-29(39)35(43)44-22-27-15-10-9-11-16-27/h9-11,15-16,21,23-25,28-31H,12-14,17-20,22H2,1-8H3,(H,36,40)/b26-21+. The van der Waals surface area contributed by atoms with Crippen LogP contribution < -0.4 is 5.32 Å². The summed E-state index contributed by atoms with van der Waals surface area (Å²) in [5.74, 6) is -1.01. The van der Waals surface area contributed by atoms with Crippen LogP contribution in [-0.2, 0) is 30.5 Å². The number of likely N-dealkylation sites (N-methyl/N-ethyl adjacent to an activating group) is 1. The monoisotopic (exact) mass is 610 g/mol. The number of carbonyl (C=O) groups excluding carboxylic acids is 4. The molecule has 2 saturated heterocycles. The highest BCUT2D eigenvalue weighted by molar-refractivity contribution is 5.96. The molecule has 0 saturated carbocycles. The zero-order chi connectivity index (χ0) is 32.6. The van der Waals surface area contributed by atoms with Crippen molar-refractivity contribution in [3.8, 4) is 0 Å². The van der Waals surface area contributed by atoms with E-state index in [1.165, 1.54) is 0 Å². The zero-order valence-electron chi connectivity index (χ0n) is 28.0. The van der Waals surface area contributed by atoms with Crippen LogP contribution in [-0.4, -0.2) is 88.7 Å². The molecule has 4 unspecified atom stereocenters. The zero-order valence-corrected chi connectivity index (χ0v) is 28.0. The Balaban J connectivity index is 1.71. The van der Waals surface area contributed by atoms with Crippen molar-refractivity contribution >= 4 is 23.7 Å². The third kappa shape index (κ3) is 8.93. The Bertz CT molecular complexity index is 1160. The second-order valence-corrected chi connectivity index (χ2v) is 13.4. The number of amides is 3. The lowest BCUT2D eigenvalue weighted by Gasteiger charge is -2.39. The second-order valence-electron chi connectivity index (χ2n) is 13.4. The van der Waals surface area contributed by atoms with Gasteiger partial charge in [-0.3, -0.25) is 19.3 Å². The molecular weight excluding hydrogens is 556 g/mol. The molecule has 1 aromatic carbocycles. The number of esters is 1. The minimum absolute atomic E-state index is 0.00945. The first-order valence-electron chi connectivity index (χ1n) is 16.4. The van der Waals surface area contributed by atoms with E-state index < -0.39 is 18.1 Å². The molecule has 1 aromatic rings. The fraction of sp³-hybridized carbons (Fsp3) is 0.657. The fourth-order valence-electron chi connectivity index (χ4n) is 6.37. The molecule has 0 bridgehead atoms. The third-order valence-corrected chi connectivity index (χ3v) is 8.99. The Kier molecular flexibility index (Phi) is 13.0. The molecule has 3 rings (SSSR count). The summed E-state index contributed by atoms with van der Waals surface area (Å²) in [4.78, 5) is 59.4. The number of nitrogens with one attached hydrogen (secondary N) is 1. The van der Waals surface area contributed by atoms with Crippen molar-refractivity contribution in [1.29, 1.82) is 0 Å². The molecular formula is C35H54N4O5. The van der Waals surface area contributed by atoms with E-state index in [4.69, 9.17) is 4.74 Å². The molecule has 2 aliphatic rings. The molecule has 0 aliphatic carbocycles. The smallest absolute Gasteiger partial charge is 0.329 e. The first-order chi connectivity index (χ1) is 20.8. The van der Waals surface area contributed by atoms with Gasteiger partial charge in [-0.15, -0.1) is 0 Å². The van der Waals surface area contributed by atoms with Crippen molar-refractivity contribution < 1.29 is 23.9 Å². The van der Waals surface area contributed by atoms with Crippen LogP contribution in [0.5, 0.6) is 0 Å². The highest BCUT2D eigenvalue weighted by Crippen LogP contribution is 2.24. The van der Waals surface area contributed by atoms with Gasteiger partial charge in [-0.25, -0.2) is 4.79 Å². The van der Waals surface area contributed by atoms with Gasteiger partial charge in [-0.2, -0.15) is 0 Å². The predicted octanol–water partition coefficient (Wildman–Crippen LogP) is 4.55. The number of likely N-dealkylation sites (tertiary alicyclic amines) is 2. The summed E-state index contributed by atoms with van der Waals surface area (Å²) < 4.78 is 5.56. The number of ether oxygens (including phenoxy) is 1. The van der Waals surface area contributed by atoms with E-state index in [9.17, 15) is 19.2 Å². The Labute approximate surface area is 264 Å². The number of piperidine rings is 1. The molecule has 44 heavy (non-hydrogen) atoms. The van der Waals surface area contributed by atoms with E-state index in [0.717, 1.165) is 37.8 Å².